The predicted molar refractivity (Wildman–Crippen MR) is 109 cm³/mol. The number of nitrogens with zero attached hydrogens (tertiary/aromatic N) is 2. The number of rotatable bonds is 4. The SMILES string of the molecule is CC1CN(Cc2ccc(CNC3=NCCCN3)cc2)CC(C)O1.I. The molecular formula is C18H29IN4O. The van der Waals surface area contributed by atoms with Crippen molar-refractivity contribution in [2.24, 2.45) is 4.99 Å². The Balaban J connectivity index is 0.00000208. The summed E-state index contributed by atoms with van der Waals surface area (Å²) in [5.41, 5.74) is 2.65. The second-order valence-corrected chi connectivity index (χ2v) is 6.63. The fraction of sp³-hybridized carbons (Fsp3) is 0.611. The van der Waals surface area contributed by atoms with Crippen molar-refractivity contribution in [3.05, 3.63) is 35.4 Å². The highest BCUT2D eigenvalue weighted by Crippen LogP contribution is 2.14. The van der Waals surface area contributed by atoms with Gasteiger partial charge in [-0.25, -0.2) is 0 Å². The Morgan fingerprint density at radius 1 is 1.17 bits per heavy atom. The first-order chi connectivity index (χ1) is 11.2. The average Bonchev–Trinajstić information content (AvgIpc) is 2.54. The van der Waals surface area contributed by atoms with E-state index < -0.39 is 0 Å². The highest BCUT2D eigenvalue weighted by Gasteiger charge is 2.21. The molecule has 0 spiro atoms. The van der Waals surface area contributed by atoms with Crippen LogP contribution in [-0.4, -0.2) is 49.2 Å². The predicted octanol–water partition coefficient (Wildman–Crippen LogP) is 2.35. The third-order valence-corrected chi connectivity index (χ3v) is 4.28. The summed E-state index contributed by atoms with van der Waals surface area (Å²) in [5.74, 6) is 0.927. The molecule has 24 heavy (non-hydrogen) atoms. The van der Waals surface area contributed by atoms with Crippen LogP contribution in [0, 0.1) is 0 Å². The second kappa shape index (κ2) is 9.58. The maximum Gasteiger partial charge on any atom is 0.191 e. The first-order valence-electron chi connectivity index (χ1n) is 8.67. The Labute approximate surface area is 162 Å². The quantitative estimate of drug-likeness (QED) is 0.701. The van der Waals surface area contributed by atoms with E-state index >= 15 is 0 Å². The smallest absolute Gasteiger partial charge is 0.191 e. The van der Waals surface area contributed by atoms with Crippen LogP contribution in [0.3, 0.4) is 0 Å². The van der Waals surface area contributed by atoms with Gasteiger partial charge in [-0.1, -0.05) is 24.3 Å². The van der Waals surface area contributed by atoms with Crippen molar-refractivity contribution in [2.45, 2.75) is 45.6 Å². The minimum absolute atomic E-state index is 0. The van der Waals surface area contributed by atoms with Crippen molar-refractivity contribution in [3.63, 3.8) is 0 Å². The molecule has 1 fully saturated rings. The summed E-state index contributed by atoms with van der Waals surface area (Å²) in [5, 5.41) is 6.65. The van der Waals surface area contributed by atoms with Crippen LogP contribution >= 0.6 is 24.0 Å². The molecule has 0 aliphatic carbocycles. The fourth-order valence-electron chi connectivity index (χ4n) is 3.27. The van der Waals surface area contributed by atoms with Gasteiger partial charge in [-0.05, 0) is 31.4 Å². The molecule has 3 rings (SSSR count). The van der Waals surface area contributed by atoms with Gasteiger partial charge in [0.15, 0.2) is 5.96 Å². The Bertz CT molecular complexity index is 524. The Hall–Kier alpha value is -0.860. The van der Waals surface area contributed by atoms with E-state index in [1.54, 1.807) is 0 Å². The van der Waals surface area contributed by atoms with E-state index in [4.69, 9.17) is 4.74 Å². The van der Waals surface area contributed by atoms with Gasteiger partial charge in [0, 0.05) is 39.3 Å². The van der Waals surface area contributed by atoms with Gasteiger partial charge < -0.3 is 15.4 Å². The van der Waals surface area contributed by atoms with Gasteiger partial charge in [0.1, 0.15) is 0 Å². The Morgan fingerprint density at radius 3 is 2.46 bits per heavy atom. The molecule has 2 N–H and O–H groups in total. The number of hydrogen-bond acceptors (Lipinski definition) is 5. The van der Waals surface area contributed by atoms with Crippen molar-refractivity contribution in [3.8, 4) is 0 Å². The normalized spacial score (nSPS) is 24.5. The molecule has 2 aliphatic rings. The lowest BCUT2D eigenvalue weighted by Crippen LogP contribution is -2.44. The number of aliphatic imine (C=N–C) groups is 1. The van der Waals surface area contributed by atoms with Crippen molar-refractivity contribution in [2.75, 3.05) is 26.2 Å². The largest absolute Gasteiger partial charge is 0.373 e. The van der Waals surface area contributed by atoms with Crippen LogP contribution in [0.25, 0.3) is 0 Å². The van der Waals surface area contributed by atoms with Gasteiger partial charge in [-0.15, -0.1) is 24.0 Å². The lowest BCUT2D eigenvalue weighted by Gasteiger charge is -2.35. The number of halogens is 1. The number of ether oxygens (including phenoxy) is 1. The van der Waals surface area contributed by atoms with Crippen LogP contribution in [-0.2, 0) is 17.8 Å². The molecule has 1 saturated heterocycles. The van der Waals surface area contributed by atoms with E-state index in [9.17, 15) is 0 Å². The van der Waals surface area contributed by atoms with Gasteiger partial charge in [-0.2, -0.15) is 0 Å². The molecule has 6 heteroatoms. The molecule has 2 unspecified atom stereocenters. The summed E-state index contributed by atoms with van der Waals surface area (Å²) >= 11 is 0. The van der Waals surface area contributed by atoms with E-state index in [1.165, 1.54) is 11.1 Å². The molecule has 5 nitrogen and oxygen atoms in total. The van der Waals surface area contributed by atoms with Crippen molar-refractivity contribution >= 4 is 29.9 Å². The average molecular weight is 444 g/mol. The summed E-state index contributed by atoms with van der Waals surface area (Å²) in [7, 11) is 0. The zero-order valence-corrected chi connectivity index (χ0v) is 17.0. The first kappa shape index (κ1) is 19.5. The van der Waals surface area contributed by atoms with Crippen molar-refractivity contribution in [1.82, 2.24) is 15.5 Å². The number of morpholine rings is 1. The van der Waals surface area contributed by atoms with Gasteiger partial charge >= 0.3 is 0 Å². The molecule has 134 valence electrons. The molecular weight excluding hydrogens is 415 g/mol. The van der Waals surface area contributed by atoms with E-state index in [0.29, 0.717) is 12.2 Å². The maximum atomic E-state index is 5.80. The molecule has 2 heterocycles. The standard InChI is InChI=1S/C18H28N4O.HI/c1-14-11-22(12-15(2)23-14)13-17-6-4-16(5-7-17)10-21-18-19-8-3-9-20-18;/h4-7,14-15H,3,8-13H2,1-2H3,(H2,19,20,21);1H. The third kappa shape index (κ3) is 5.89. The summed E-state index contributed by atoms with van der Waals surface area (Å²) < 4.78 is 5.80. The minimum atomic E-state index is 0. The number of guanidine groups is 1. The zero-order valence-electron chi connectivity index (χ0n) is 14.6. The molecule has 2 aliphatic heterocycles. The lowest BCUT2D eigenvalue weighted by atomic mass is 10.1. The van der Waals surface area contributed by atoms with E-state index in [-0.39, 0.29) is 24.0 Å². The van der Waals surface area contributed by atoms with Gasteiger partial charge in [0.25, 0.3) is 0 Å². The molecule has 1 aromatic carbocycles. The third-order valence-electron chi connectivity index (χ3n) is 4.28. The van der Waals surface area contributed by atoms with E-state index in [0.717, 1.165) is 51.6 Å². The summed E-state index contributed by atoms with van der Waals surface area (Å²) in [6.07, 6.45) is 1.77. The molecule has 0 radical (unpaired) electrons. The second-order valence-electron chi connectivity index (χ2n) is 6.63. The topological polar surface area (TPSA) is 48.9 Å². The maximum absolute atomic E-state index is 5.80. The Kier molecular flexibility index (Phi) is 7.77. The van der Waals surface area contributed by atoms with Gasteiger partial charge in [-0.3, -0.25) is 9.89 Å². The lowest BCUT2D eigenvalue weighted by molar-refractivity contribution is -0.0704. The molecule has 2 atom stereocenters. The highest BCUT2D eigenvalue weighted by molar-refractivity contribution is 14.0. The summed E-state index contributed by atoms with van der Waals surface area (Å²) in [6, 6.07) is 8.88. The van der Waals surface area contributed by atoms with Crippen LogP contribution in [0.5, 0.6) is 0 Å². The van der Waals surface area contributed by atoms with Crippen molar-refractivity contribution < 1.29 is 4.74 Å². The zero-order chi connectivity index (χ0) is 16.1. The van der Waals surface area contributed by atoms with Gasteiger partial charge in [0.2, 0.25) is 0 Å². The molecule has 0 saturated carbocycles. The number of hydrogen-bond donors (Lipinski definition) is 2. The van der Waals surface area contributed by atoms with Crippen LogP contribution in [0.4, 0.5) is 0 Å². The molecule has 0 amide bonds. The van der Waals surface area contributed by atoms with Crippen LogP contribution in [0.1, 0.15) is 31.4 Å². The van der Waals surface area contributed by atoms with Crippen LogP contribution < -0.4 is 10.6 Å². The molecule has 0 bridgehead atoms. The Morgan fingerprint density at radius 2 is 1.83 bits per heavy atom. The summed E-state index contributed by atoms with van der Waals surface area (Å²) in [6.45, 7) is 10.1. The van der Waals surface area contributed by atoms with Gasteiger partial charge in [0.05, 0.1) is 12.2 Å². The first-order valence-corrected chi connectivity index (χ1v) is 8.67. The van der Waals surface area contributed by atoms with Crippen LogP contribution in [0.2, 0.25) is 0 Å². The molecule has 1 aromatic rings. The fourth-order valence-corrected chi connectivity index (χ4v) is 3.27. The van der Waals surface area contributed by atoms with E-state index in [2.05, 4.69) is 58.6 Å². The number of nitrogens with one attached hydrogen (secondary N) is 2. The van der Waals surface area contributed by atoms with Crippen molar-refractivity contribution in [1.29, 1.82) is 0 Å². The highest BCUT2D eigenvalue weighted by atomic mass is 127. The van der Waals surface area contributed by atoms with Crippen LogP contribution in [0.15, 0.2) is 29.3 Å². The summed E-state index contributed by atoms with van der Waals surface area (Å²) in [4.78, 5) is 6.91. The minimum Gasteiger partial charge on any atom is -0.373 e. The number of benzene rings is 1. The molecule has 0 aromatic heterocycles. The van der Waals surface area contributed by atoms with E-state index in [1.807, 2.05) is 0 Å². The monoisotopic (exact) mass is 444 g/mol.